The number of benzene rings is 1. The molecule has 1 aromatic heterocycles. The van der Waals surface area contributed by atoms with Crippen LogP contribution in [-0.2, 0) is 6.54 Å². The molecule has 2 rings (SSSR count). The van der Waals surface area contributed by atoms with Crippen LogP contribution in [0, 0.1) is 5.82 Å². The monoisotopic (exact) mass is 342 g/mol. The normalized spacial score (nSPS) is 12.4. The molecule has 1 heterocycles. The van der Waals surface area contributed by atoms with Gasteiger partial charge in [-0.25, -0.2) is 4.39 Å². The maximum Gasteiger partial charge on any atom is 0.133 e. The van der Waals surface area contributed by atoms with Gasteiger partial charge in [-0.15, -0.1) is 0 Å². The first kappa shape index (κ1) is 15.0. The number of aromatic nitrogens is 2. The first-order valence-electron chi connectivity index (χ1n) is 6.31. The molecule has 1 N–H and O–H groups in total. The second kappa shape index (κ2) is 6.37. The summed E-state index contributed by atoms with van der Waals surface area (Å²) in [5.41, 5.74) is 0.750. The van der Waals surface area contributed by atoms with Crippen molar-refractivity contribution in [3.8, 4) is 5.75 Å². The molecule has 0 radical (unpaired) electrons. The number of aryl methyl sites for hydroxylation is 1. The Bertz CT molecular complexity index is 601. The molecule has 6 heteroatoms. The maximum absolute atomic E-state index is 14.0. The van der Waals surface area contributed by atoms with Crippen molar-refractivity contribution in [2.24, 2.45) is 0 Å². The molecule has 0 aliphatic carbocycles. The Balaban J connectivity index is 2.40. The van der Waals surface area contributed by atoms with E-state index in [2.05, 4.69) is 21.0 Å². The van der Waals surface area contributed by atoms with Crippen LogP contribution in [0.3, 0.4) is 0 Å². The van der Waals surface area contributed by atoms with Gasteiger partial charge in [0.1, 0.15) is 17.7 Å². The number of aliphatic hydroxyl groups is 1. The summed E-state index contributed by atoms with van der Waals surface area (Å²) in [6, 6.07) is 4.40. The Morgan fingerprint density at radius 3 is 2.85 bits per heavy atom. The summed E-state index contributed by atoms with van der Waals surface area (Å²) < 4.78 is 21.3. The predicted octanol–water partition coefficient (Wildman–Crippen LogP) is 3.29. The molecule has 0 bridgehead atoms. The molecule has 20 heavy (non-hydrogen) atoms. The Morgan fingerprint density at radius 2 is 2.25 bits per heavy atom. The summed E-state index contributed by atoms with van der Waals surface area (Å²) in [5.74, 6) is -0.0902. The highest BCUT2D eigenvalue weighted by Crippen LogP contribution is 2.31. The molecule has 1 atom stereocenters. The van der Waals surface area contributed by atoms with Crippen LogP contribution in [0.15, 0.2) is 28.9 Å². The molecule has 1 aromatic carbocycles. The van der Waals surface area contributed by atoms with Gasteiger partial charge in [0.2, 0.25) is 0 Å². The number of hydrogen-bond donors (Lipinski definition) is 1. The fraction of sp³-hybridized carbons (Fsp3) is 0.357. The van der Waals surface area contributed by atoms with Crippen molar-refractivity contribution < 1.29 is 14.2 Å². The average Bonchev–Trinajstić information content (AvgIpc) is 2.79. The van der Waals surface area contributed by atoms with Gasteiger partial charge in [-0.2, -0.15) is 5.10 Å². The van der Waals surface area contributed by atoms with Gasteiger partial charge in [-0.3, -0.25) is 4.68 Å². The van der Waals surface area contributed by atoms with Crippen LogP contribution in [0.1, 0.15) is 30.7 Å². The van der Waals surface area contributed by atoms with E-state index in [0.717, 1.165) is 6.42 Å². The van der Waals surface area contributed by atoms with Crippen LogP contribution < -0.4 is 4.74 Å². The van der Waals surface area contributed by atoms with Crippen LogP contribution >= 0.6 is 15.9 Å². The van der Waals surface area contributed by atoms with Gasteiger partial charge >= 0.3 is 0 Å². The Morgan fingerprint density at radius 1 is 1.50 bits per heavy atom. The Hall–Kier alpha value is -1.40. The lowest BCUT2D eigenvalue weighted by atomic mass is 10.1. The van der Waals surface area contributed by atoms with Gasteiger partial charge in [0.25, 0.3) is 0 Å². The summed E-state index contributed by atoms with van der Waals surface area (Å²) in [5, 5.41) is 14.6. The zero-order chi connectivity index (χ0) is 14.7. The summed E-state index contributed by atoms with van der Waals surface area (Å²) >= 11 is 3.35. The van der Waals surface area contributed by atoms with Gasteiger partial charge in [0, 0.05) is 18.2 Å². The van der Waals surface area contributed by atoms with E-state index in [1.54, 1.807) is 16.9 Å². The molecule has 1 unspecified atom stereocenters. The Kier molecular flexibility index (Phi) is 4.77. The number of ether oxygens (including phenoxy) is 1. The zero-order valence-electron chi connectivity index (χ0n) is 11.3. The van der Waals surface area contributed by atoms with E-state index in [0.29, 0.717) is 22.5 Å². The van der Waals surface area contributed by atoms with Crippen molar-refractivity contribution >= 4 is 15.9 Å². The van der Waals surface area contributed by atoms with Gasteiger partial charge < -0.3 is 9.84 Å². The van der Waals surface area contributed by atoms with E-state index in [1.165, 1.54) is 19.2 Å². The van der Waals surface area contributed by atoms with Gasteiger partial charge in [-0.1, -0.05) is 6.92 Å². The van der Waals surface area contributed by atoms with Crippen molar-refractivity contribution in [2.75, 3.05) is 7.11 Å². The summed E-state index contributed by atoms with van der Waals surface area (Å²) in [6.45, 7) is 2.68. The topological polar surface area (TPSA) is 47.3 Å². The van der Waals surface area contributed by atoms with Crippen molar-refractivity contribution in [1.29, 1.82) is 0 Å². The number of methoxy groups -OCH3 is 1. The van der Waals surface area contributed by atoms with E-state index < -0.39 is 11.9 Å². The van der Waals surface area contributed by atoms with Crippen molar-refractivity contribution in [3.63, 3.8) is 0 Å². The van der Waals surface area contributed by atoms with Gasteiger partial charge in [0.05, 0.1) is 23.5 Å². The summed E-state index contributed by atoms with van der Waals surface area (Å²) in [6.07, 6.45) is 1.40. The standard InChI is InChI=1S/C14H16BrFN2O2/c1-3-6-18-13(11(15)8-17-18)14(19)10-5-4-9(20-2)7-12(10)16/h4-5,7-8,14,19H,3,6H2,1-2H3. The van der Waals surface area contributed by atoms with Crippen molar-refractivity contribution in [3.05, 3.63) is 45.9 Å². The predicted molar refractivity (Wildman–Crippen MR) is 77.2 cm³/mol. The third-order valence-corrected chi connectivity index (χ3v) is 3.64. The van der Waals surface area contributed by atoms with Crippen LogP contribution in [0.25, 0.3) is 0 Å². The number of aliphatic hydroxyl groups excluding tert-OH is 1. The fourth-order valence-corrected chi connectivity index (χ4v) is 2.55. The summed E-state index contributed by atoms with van der Waals surface area (Å²) in [7, 11) is 1.47. The average molecular weight is 343 g/mol. The minimum atomic E-state index is -1.08. The molecule has 0 saturated carbocycles. The molecular weight excluding hydrogens is 327 g/mol. The van der Waals surface area contributed by atoms with Crippen LogP contribution in [0.2, 0.25) is 0 Å². The lowest BCUT2D eigenvalue weighted by Crippen LogP contribution is -2.12. The zero-order valence-corrected chi connectivity index (χ0v) is 12.9. The number of halogens is 2. The maximum atomic E-state index is 14.0. The molecule has 4 nitrogen and oxygen atoms in total. The van der Waals surface area contributed by atoms with Crippen LogP contribution in [0.5, 0.6) is 5.75 Å². The SMILES string of the molecule is CCCn1ncc(Br)c1C(O)c1ccc(OC)cc1F. The van der Waals surface area contributed by atoms with E-state index in [9.17, 15) is 9.50 Å². The van der Waals surface area contributed by atoms with Gasteiger partial charge in [0.15, 0.2) is 0 Å². The highest BCUT2D eigenvalue weighted by molar-refractivity contribution is 9.10. The van der Waals surface area contributed by atoms with E-state index in [1.807, 2.05) is 6.92 Å². The second-order valence-electron chi connectivity index (χ2n) is 4.39. The lowest BCUT2D eigenvalue weighted by Gasteiger charge is -2.15. The quantitative estimate of drug-likeness (QED) is 0.906. The van der Waals surface area contributed by atoms with Crippen molar-refractivity contribution in [1.82, 2.24) is 9.78 Å². The highest BCUT2D eigenvalue weighted by Gasteiger charge is 2.22. The molecule has 108 valence electrons. The molecule has 2 aromatic rings. The smallest absolute Gasteiger partial charge is 0.133 e. The Labute approximate surface area is 125 Å². The molecule has 0 aliphatic rings. The van der Waals surface area contributed by atoms with Crippen LogP contribution in [-0.4, -0.2) is 22.0 Å². The molecule has 0 amide bonds. The fourth-order valence-electron chi connectivity index (χ4n) is 2.04. The van der Waals surface area contributed by atoms with Gasteiger partial charge in [-0.05, 0) is 34.5 Å². The largest absolute Gasteiger partial charge is 0.497 e. The van der Waals surface area contributed by atoms with Crippen molar-refractivity contribution in [2.45, 2.75) is 26.0 Å². The first-order valence-corrected chi connectivity index (χ1v) is 7.10. The molecular formula is C14H16BrFN2O2. The van der Waals surface area contributed by atoms with E-state index in [-0.39, 0.29) is 5.56 Å². The molecule has 0 spiro atoms. The lowest BCUT2D eigenvalue weighted by molar-refractivity contribution is 0.201. The molecule has 0 saturated heterocycles. The number of hydrogen-bond acceptors (Lipinski definition) is 3. The van der Waals surface area contributed by atoms with E-state index >= 15 is 0 Å². The van der Waals surface area contributed by atoms with Crippen LogP contribution in [0.4, 0.5) is 4.39 Å². The number of nitrogens with zero attached hydrogens (tertiary/aromatic N) is 2. The first-order chi connectivity index (χ1) is 9.58. The minimum absolute atomic E-state index is 0.198. The highest BCUT2D eigenvalue weighted by atomic mass is 79.9. The second-order valence-corrected chi connectivity index (χ2v) is 5.25. The molecule has 0 fully saturated rings. The minimum Gasteiger partial charge on any atom is -0.497 e. The summed E-state index contributed by atoms with van der Waals surface area (Å²) in [4.78, 5) is 0. The molecule has 0 aliphatic heterocycles. The number of rotatable bonds is 5. The third-order valence-electron chi connectivity index (χ3n) is 3.03. The van der Waals surface area contributed by atoms with E-state index in [4.69, 9.17) is 4.74 Å². The third kappa shape index (κ3) is 2.86.